The number of anilines is 1. The maximum Gasteiger partial charge on any atom is 0.271 e. The number of amides is 1. The highest BCUT2D eigenvalue weighted by atomic mass is 35.5. The summed E-state index contributed by atoms with van der Waals surface area (Å²) in [5.74, 6) is -0.546. The van der Waals surface area contributed by atoms with Crippen molar-refractivity contribution in [1.82, 2.24) is 10.4 Å². The van der Waals surface area contributed by atoms with Gasteiger partial charge in [-0.25, -0.2) is 13.8 Å². The molecule has 0 aliphatic carbocycles. The minimum atomic E-state index is -3.87. The molecule has 9 heteroatoms. The fourth-order valence-electron chi connectivity index (χ4n) is 2.21. The zero-order chi connectivity index (χ0) is 20.0. The van der Waals surface area contributed by atoms with E-state index in [1.165, 1.54) is 30.5 Å². The molecule has 0 fully saturated rings. The molecule has 2 aromatic carbocycles. The van der Waals surface area contributed by atoms with Crippen molar-refractivity contribution in [1.29, 1.82) is 0 Å². The van der Waals surface area contributed by atoms with E-state index in [1.54, 1.807) is 48.7 Å². The van der Waals surface area contributed by atoms with Gasteiger partial charge in [-0.05, 0) is 54.6 Å². The lowest BCUT2D eigenvalue weighted by atomic mass is 10.2. The zero-order valence-corrected chi connectivity index (χ0v) is 16.0. The standard InChI is InChI=1S/C19H15ClN4O3S/c20-15-7-9-16(10-8-15)24-28(26,27)18-6-3-4-14(12-18)19(25)23-22-13-17-5-1-2-11-21-17/h1-13,24H,(H,23,25). The van der Waals surface area contributed by atoms with Crippen molar-refractivity contribution >= 4 is 39.4 Å². The van der Waals surface area contributed by atoms with Crippen molar-refractivity contribution in [3.63, 3.8) is 0 Å². The number of carbonyl (C=O) groups excluding carboxylic acids is 1. The molecule has 0 aliphatic heterocycles. The maximum absolute atomic E-state index is 12.5. The van der Waals surface area contributed by atoms with Crippen LogP contribution in [0.5, 0.6) is 0 Å². The van der Waals surface area contributed by atoms with E-state index in [4.69, 9.17) is 11.6 Å². The molecule has 28 heavy (non-hydrogen) atoms. The molecule has 3 aromatic rings. The smallest absolute Gasteiger partial charge is 0.271 e. The van der Waals surface area contributed by atoms with E-state index in [9.17, 15) is 13.2 Å². The second kappa shape index (κ2) is 8.64. The molecule has 0 radical (unpaired) electrons. The van der Waals surface area contributed by atoms with E-state index in [0.717, 1.165) is 0 Å². The molecule has 7 nitrogen and oxygen atoms in total. The minimum Gasteiger partial charge on any atom is -0.280 e. The van der Waals surface area contributed by atoms with E-state index in [0.29, 0.717) is 16.4 Å². The lowest BCUT2D eigenvalue weighted by molar-refractivity contribution is 0.0955. The third-order valence-electron chi connectivity index (χ3n) is 3.55. The van der Waals surface area contributed by atoms with Crippen molar-refractivity contribution in [3.05, 3.63) is 89.2 Å². The van der Waals surface area contributed by atoms with Crippen molar-refractivity contribution in [2.75, 3.05) is 4.72 Å². The quantitative estimate of drug-likeness (QED) is 0.477. The van der Waals surface area contributed by atoms with Crippen LogP contribution in [0.25, 0.3) is 0 Å². The summed E-state index contributed by atoms with van der Waals surface area (Å²) in [5.41, 5.74) is 3.43. The average molecular weight is 415 g/mol. The monoisotopic (exact) mass is 414 g/mol. The number of hydrogen-bond acceptors (Lipinski definition) is 5. The lowest BCUT2D eigenvalue weighted by Crippen LogP contribution is -2.19. The Morgan fingerprint density at radius 1 is 1.04 bits per heavy atom. The molecule has 1 aromatic heterocycles. The average Bonchev–Trinajstić information content (AvgIpc) is 2.70. The lowest BCUT2D eigenvalue weighted by Gasteiger charge is -2.09. The van der Waals surface area contributed by atoms with E-state index < -0.39 is 15.9 Å². The molecule has 0 unspecified atom stereocenters. The predicted molar refractivity (Wildman–Crippen MR) is 108 cm³/mol. The van der Waals surface area contributed by atoms with Gasteiger partial charge in [0.1, 0.15) is 0 Å². The Kier molecular flexibility index (Phi) is 6.03. The summed E-state index contributed by atoms with van der Waals surface area (Å²) in [6.07, 6.45) is 2.99. The first-order valence-electron chi connectivity index (χ1n) is 8.07. The Hall–Kier alpha value is -3.23. The van der Waals surface area contributed by atoms with Crippen LogP contribution in [0, 0.1) is 0 Å². The molecular formula is C19H15ClN4O3S. The van der Waals surface area contributed by atoms with Gasteiger partial charge in [0.2, 0.25) is 0 Å². The Balaban J connectivity index is 1.72. The van der Waals surface area contributed by atoms with Crippen molar-refractivity contribution in [2.45, 2.75) is 4.90 Å². The van der Waals surface area contributed by atoms with Gasteiger partial charge in [0.15, 0.2) is 0 Å². The Bertz CT molecular complexity index is 1100. The summed E-state index contributed by atoms with van der Waals surface area (Å²) in [4.78, 5) is 16.2. The van der Waals surface area contributed by atoms with Gasteiger partial charge in [-0.1, -0.05) is 23.7 Å². The van der Waals surface area contributed by atoms with Crippen LogP contribution >= 0.6 is 11.6 Å². The topological polar surface area (TPSA) is 101 Å². The molecule has 1 amide bonds. The van der Waals surface area contributed by atoms with Gasteiger partial charge in [-0.3, -0.25) is 14.5 Å². The number of benzene rings is 2. The number of rotatable bonds is 6. The van der Waals surface area contributed by atoms with E-state index in [1.807, 2.05) is 0 Å². The largest absolute Gasteiger partial charge is 0.280 e. The normalized spacial score (nSPS) is 11.3. The highest BCUT2D eigenvalue weighted by Crippen LogP contribution is 2.19. The van der Waals surface area contributed by atoms with Crippen LogP contribution in [0.2, 0.25) is 5.02 Å². The fraction of sp³-hybridized carbons (Fsp3) is 0. The molecule has 0 bridgehead atoms. The van der Waals surface area contributed by atoms with Crippen LogP contribution in [0.4, 0.5) is 5.69 Å². The third-order valence-corrected chi connectivity index (χ3v) is 5.18. The van der Waals surface area contributed by atoms with Gasteiger partial charge >= 0.3 is 0 Å². The third kappa shape index (κ3) is 5.15. The summed E-state index contributed by atoms with van der Waals surface area (Å²) in [6.45, 7) is 0. The zero-order valence-electron chi connectivity index (χ0n) is 14.4. The second-order valence-electron chi connectivity index (χ2n) is 5.59. The first-order valence-corrected chi connectivity index (χ1v) is 9.93. The predicted octanol–water partition coefficient (Wildman–Crippen LogP) is 3.30. The van der Waals surface area contributed by atoms with Crippen LogP contribution in [-0.4, -0.2) is 25.5 Å². The van der Waals surface area contributed by atoms with Gasteiger partial charge in [0.25, 0.3) is 15.9 Å². The van der Waals surface area contributed by atoms with Crippen LogP contribution in [0.1, 0.15) is 16.1 Å². The SMILES string of the molecule is O=C(NN=Cc1ccccn1)c1cccc(S(=O)(=O)Nc2ccc(Cl)cc2)c1. The highest BCUT2D eigenvalue weighted by molar-refractivity contribution is 7.92. The van der Waals surface area contributed by atoms with Crippen LogP contribution in [-0.2, 0) is 10.0 Å². The molecule has 0 aliphatic rings. The van der Waals surface area contributed by atoms with Gasteiger partial charge < -0.3 is 0 Å². The number of halogens is 1. The van der Waals surface area contributed by atoms with Gasteiger partial charge in [0, 0.05) is 22.5 Å². The first kappa shape index (κ1) is 19.5. The number of nitrogens with zero attached hydrogens (tertiary/aromatic N) is 2. The number of hydrazone groups is 1. The molecule has 0 saturated carbocycles. The molecule has 1 heterocycles. The molecule has 2 N–H and O–H groups in total. The summed E-state index contributed by atoms with van der Waals surface area (Å²) in [7, 11) is -3.87. The first-order chi connectivity index (χ1) is 13.4. The van der Waals surface area contributed by atoms with Crippen LogP contribution in [0.3, 0.4) is 0 Å². The van der Waals surface area contributed by atoms with E-state index in [2.05, 4.69) is 20.2 Å². The summed E-state index contributed by atoms with van der Waals surface area (Å²) in [6, 6.07) is 17.2. The van der Waals surface area contributed by atoms with Crippen molar-refractivity contribution < 1.29 is 13.2 Å². The summed E-state index contributed by atoms with van der Waals surface area (Å²) >= 11 is 5.80. The Morgan fingerprint density at radius 2 is 1.82 bits per heavy atom. The van der Waals surface area contributed by atoms with Gasteiger partial charge in [-0.15, -0.1) is 0 Å². The van der Waals surface area contributed by atoms with E-state index in [-0.39, 0.29) is 10.5 Å². The number of sulfonamides is 1. The second-order valence-corrected chi connectivity index (χ2v) is 7.71. The number of nitrogens with one attached hydrogen (secondary N) is 2. The minimum absolute atomic E-state index is 0.0520. The number of hydrogen-bond donors (Lipinski definition) is 2. The van der Waals surface area contributed by atoms with Crippen molar-refractivity contribution in [3.8, 4) is 0 Å². The number of aromatic nitrogens is 1. The molecule has 0 saturated heterocycles. The molecular weight excluding hydrogens is 400 g/mol. The highest BCUT2D eigenvalue weighted by Gasteiger charge is 2.16. The maximum atomic E-state index is 12.5. The summed E-state index contributed by atoms with van der Waals surface area (Å²) in [5, 5.41) is 4.31. The molecule has 142 valence electrons. The van der Waals surface area contributed by atoms with E-state index >= 15 is 0 Å². The fourth-order valence-corrected chi connectivity index (χ4v) is 3.44. The Morgan fingerprint density at radius 3 is 2.54 bits per heavy atom. The van der Waals surface area contributed by atoms with Crippen LogP contribution < -0.4 is 10.1 Å². The number of carbonyl (C=O) groups is 1. The Labute approximate surface area is 167 Å². The number of pyridine rings is 1. The molecule has 0 spiro atoms. The van der Waals surface area contributed by atoms with Crippen LogP contribution in [0.15, 0.2) is 82.9 Å². The molecule has 3 rings (SSSR count). The van der Waals surface area contributed by atoms with Crippen molar-refractivity contribution in [2.24, 2.45) is 5.10 Å². The molecule has 0 atom stereocenters. The summed E-state index contributed by atoms with van der Waals surface area (Å²) < 4.78 is 27.5. The van der Waals surface area contributed by atoms with Gasteiger partial charge in [0.05, 0.1) is 16.8 Å². The van der Waals surface area contributed by atoms with Gasteiger partial charge in [-0.2, -0.15) is 5.10 Å².